The minimum absolute atomic E-state index is 0.0630. The van der Waals surface area contributed by atoms with Crippen molar-refractivity contribution >= 4 is 6.03 Å². The zero-order valence-electron chi connectivity index (χ0n) is 10.6. The third-order valence-electron chi connectivity index (χ3n) is 3.52. The van der Waals surface area contributed by atoms with Crippen molar-refractivity contribution in [1.29, 1.82) is 0 Å². The Labute approximate surface area is 103 Å². The SMILES string of the molecule is COCCNC(=O)NC1CCN(C2CC2)CC1. The van der Waals surface area contributed by atoms with Crippen molar-refractivity contribution in [2.75, 3.05) is 33.4 Å². The number of methoxy groups -OCH3 is 1. The van der Waals surface area contributed by atoms with E-state index in [-0.39, 0.29) is 6.03 Å². The third-order valence-corrected chi connectivity index (χ3v) is 3.52. The van der Waals surface area contributed by atoms with Gasteiger partial charge in [-0.2, -0.15) is 0 Å². The first-order chi connectivity index (χ1) is 8.29. The molecule has 98 valence electrons. The molecule has 2 N–H and O–H groups in total. The summed E-state index contributed by atoms with van der Waals surface area (Å²) in [5, 5.41) is 5.81. The van der Waals surface area contributed by atoms with Gasteiger partial charge < -0.3 is 20.3 Å². The molecule has 0 spiro atoms. The van der Waals surface area contributed by atoms with E-state index in [1.807, 2.05) is 0 Å². The molecule has 0 aromatic heterocycles. The standard InChI is InChI=1S/C12H23N3O2/c1-17-9-6-13-12(16)14-10-4-7-15(8-5-10)11-2-3-11/h10-11H,2-9H2,1H3,(H2,13,14,16). The summed E-state index contributed by atoms with van der Waals surface area (Å²) in [6, 6.07) is 1.13. The molecule has 1 aliphatic heterocycles. The summed E-state index contributed by atoms with van der Waals surface area (Å²) in [4.78, 5) is 14.1. The van der Waals surface area contributed by atoms with E-state index in [1.165, 1.54) is 12.8 Å². The first kappa shape index (κ1) is 12.6. The van der Waals surface area contributed by atoms with E-state index in [1.54, 1.807) is 7.11 Å². The number of nitrogens with one attached hydrogen (secondary N) is 2. The van der Waals surface area contributed by atoms with Gasteiger partial charge in [-0.1, -0.05) is 0 Å². The lowest BCUT2D eigenvalue weighted by Crippen LogP contribution is -2.48. The summed E-state index contributed by atoms with van der Waals surface area (Å²) in [6.07, 6.45) is 4.90. The fourth-order valence-electron chi connectivity index (χ4n) is 2.35. The first-order valence-corrected chi connectivity index (χ1v) is 6.57. The topological polar surface area (TPSA) is 53.6 Å². The van der Waals surface area contributed by atoms with Crippen LogP contribution in [0.15, 0.2) is 0 Å². The molecule has 1 aliphatic carbocycles. The molecule has 17 heavy (non-hydrogen) atoms. The van der Waals surface area contributed by atoms with Gasteiger partial charge in [0.15, 0.2) is 0 Å². The van der Waals surface area contributed by atoms with Gasteiger partial charge in [0, 0.05) is 38.8 Å². The Morgan fingerprint density at radius 1 is 1.29 bits per heavy atom. The van der Waals surface area contributed by atoms with Crippen molar-refractivity contribution in [2.24, 2.45) is 0 Å². The van der Waals surface area contributed by atoms with Gasteiger partial charge in [-0.05, 0) is 25.7 Å². The highest BCUT2D eigenvalue weighted by Gasteiger charge is 2.31. The zero-order valence-corrected chi connectivity index (χ0v) is 10.6. The molecule has 0 bridgehead atoms. The molecule has 2 rings (SSSR count). The van der Waals surface area contributed by atoms with Crippen LogP contribution in [0.25, 0.3) is 0 Å². The van der Waals surface area contributed by atoms with Crippen LogP contribution in [0.1, 0.15) is 25.7 Å². The summed E-state index contributed by atoms with van der Waals surface area (Å²) in [7, 11) is 1.63. The van der Waals surface area contributed by atoms with Crippen LogP contribution in [-0.2, 0) is 4.74 Å². The van der Waals surface area contributed by atoms with Gasteiger partial charge in [0.1, 0.15) is 0 Å². The highest BCUT2D eigenvalue weighted by molar-refractivity contribution is 5.74. The molecule has 0 radical (unpaired) electrons. The molecule has 1 saturated carbocycles. The van der Waals surface area contributed by atoms with Gasteiger partial charge in [-0.25, -0.2) is 4.79 Å². The van der Waals surface area contributed by atoms with Crippen LogP contribution in [-0.4, -0.2) is 56.4 Å². The highest BCUT2D eigenvalue weighted by atomic mass is 16.5. The van der Waals surface area contributed by atoms with Crippen LogP contribution in [0, 0.1) is 0 Å². The number of likely N-dealkylation sites (tertiary alicyclic amines) is 1. The Kier molecular flexibility index (Phi) is 4.62. The van der Waals surface area contributed by atoms with Crippen LogP contribution < -0.4 is 10.6 Å². The van der Waals surface area contributed by atoms with E-state index in [9.17, 15) is 4.79 Å². The second-order valence-corrected chi connectivity index (χ2v) is 4.93. The lowest BCUT2D eigenvalue weighted by molar-refractivity contribution is 0.180. The number of urea groups is 1. The minimum Gasteiger partial charge on any atom is -0.383 e. The Morgan fingerprint density at radius 3 is 2.59 bits per heavy atom. The first-order valence-electron chi connectivity index (χ1n) is 6.57. The number of rotatable bonds is 5. The molecule has 2 amide bonds. The zero-order chi connectivity index (χ0) is 12.1. The summed E-state index contributed by atoms with van der Waals surface area (Å²) in [6.45, 7) is 3.40. The quantitative estimate of drug-likeness (QED) is 0.692. The Bertz CT molecular complexity index is 248. The van der Waals surface area contributed by atoms with E-state index in [2.05, 4.69) is 15.5 Å². The van der Waals surface area contributed by atoms with E-state index in [0.717, 1.165) is 32.0 Å². The number of hydrogen-bond acceptors (Lipinski definition) is 3. The second kappa shape index (κ2) is 6.21. The molecular formula is C12H23N3O2. The molecule has 2 fully saturated rings. The predicted octanol–water partition coefficient (Wildman–Crippen LogP) is 0.559. The van der Waals surface area contributed by atoms with Crippen LogP contribution in [0.3, 0.4) is 0 Å². The lowest BCUT2D eigenvalue weighted by atomic mass is 10.1. The van der Waals surface area contributed by atoms with Gasteiger partial charge in [0.25, 0.3) is 0 Å². The van der Waals surface area contributed by atoms with Crippen LogP contribution in [0.2, 0.25) is 0 Å². The van der Waals surface area contributed by atoms with E-state index >= 15 is 0 Å². The summed E-state index contributed by atoms with van der Waals surface area (Å²) in [5.74, 6) is 0. The van der Waals surface area contributed by atoms with Crippen molar-refractivity contribution in [3.05, 3.63) is 0 Å². The van der Waals surface area contributed by atoms with Crippen molar-refractivity contribution in [2.45, 2.75) is 37.8 Å². The number of piperidine rings is 1. The molecule has 0 unspecified atom stereocenters. The monoisotopic (exact) mass is 241 g/mol. The van der Waals surface area contributed by atoms with Crippen molar-refractivity contribution in [3.63, 3.8) is 0 Å². The second-order valence-electron chi connectivity index (χ2n) is 4.93. The Morgan fingerprint density at radius 2 is 2.00 bits per heavy atom. The number of ether oxygens (including phenoxy) is 1. The lowest BCUT2D eigenvalue weighted by Gasteiger charge is -2.32. The average molecular weight is 241 g/mol. The molecule has 0 aromatic carbocycles. The molecule has 0 atom stereocenters. The average Bonchev–Trinajstić information content (AvgIpc) is 3.14. The highest BCUT2D eigenvalue weighted by Crippen LogP contribution is 2.29. The number of nitrogens with zero attached hydrogens (tertiary/aromatic N) is 1. The fraction of sp³-hybridized carbons (Fsp3) is 0.917. The molecule has 1 saturated heterocycles. The van der Waals surface area contributed by atoms with E-state index in [4.69, 9.17) is 4.74 Å². The van der Waals surface area contributed by atoms with E-state index in [0.29, 0.717) is 19.2 Å². The summed E-state index contributed by atoms with van der Waals surface area (Å²) >= 11 is 0. The predicted molar refractivity (Wildman–Crippen MR) is 66.0 cm³/mol. The van der Waals surface area contributed by atoms with Crippen molar-refractivity contribution in [1.82, 2.24) is 15.5 Å². The molecule has 5 nitrogen and oxygen atoms in total. The number of hydrogen-bond donors (Lipinski definition) is 2. The van der Waals surface area contributed by atoms with Gasteiger partial charge in [0.2, 0.25) is 0 Å². The largest absolute Gasteiger partial charge is 0.383 e. The maximum absolute atomic E-state index is 11.5. The number of carbonyl (C=O) groups excluding carboxylic acids is 1. The maximum Gasteiger partial charge on any atom is 0.315 e. The van der Waals surface area contributed by atoms with Gasteiger partial charge in [0.05, 0.1) is 6.61 Å². The maximum atomic E-state index is 11.5. The molecule has 2 aliphatic rings. The molecule has 1 heterocycles. The van der Waals surface area contributed by atoms with Crippen LogP contribution >= 0.6 is 0 Å². The van der Waals surface area contributed by atoms with E-state index < -0.39 is 0 Å². The summed E-state index contributed by atoms with van der Waals surface area (Å²) in [5.41, 5.74) is 0. The Balaban J connectivity index is 1.58. The smallest absolute Gasteiger partial charge is 0.315 e. The summed E-state index contributed by atoms with van der Waals surface area (Å²) < 4.78 is 4.88. The number of amides is 2. The molecule has 0 aromatic rings. The number of carbonyl (C=O) groups is 1. The third kappa shape index (κ3) is 4.16. The Hall–Kier alpha value is -0.810. The fourth-order valence-corrected chi connectivity index (χ4v) is 2.35. The molecule has 5 heteroatoms. The minimum atomic E-state index is -0.0630. The van der Waals surface area contributed by atoms with Crippen molar-refractivity contribution in [3.8, 4) is 0 Å². The molecular weight excluding hydrogens is 218 g/mol. The van der Waals surface area contributed by atoms with Gasteiger partial charge >= 0.3 is 6.03 Å². The normalized spacial score (nSPS) is 22.4. The van der Waals surface area contributed by atoms with Crippen LogP contribution in [0.5, 0.6) is 0 Å². The van der Waals surface area contributed by atoms with Crippen LogP contribution in [0.4, 0.5) is 4.79 Å². The van der Waals surface area contributed by atoms with Gasteiger partial charge in [-0.15, -0.1) is 0 Å². The van der Waals surface area contributed by atoms with Crippen molar-refractivity contribution < 1.29 is 9.53 Å². The van der Waals surface area contributed by atoms with Gasteiger partial charge in [-0.3, -0.25) is 0 Å².